The van der Waals surface area contributed by atoms with Crippen LogP contribution in [0.15, 0.2) is 30.3 Å². The van der Waals surface area contributed by atoms with Crippen molar-refractivity contribution >= 4 is 11.9 Å². The monoisotopic (exact) mass is 320 g/mol. The third-order valence-electron chi connectivity index (χ3n) is 3.31. The van der Waals surface area contributed by atoms with Crippen molar-refractivity contribution in [1.29, 1.82) is 0 Å². The Morgan fingerprint density at radius 3 is 2.26 bits per heavy atom. The highest BCUT2D eigenvalue weighted by Crippen LogP contribution is 2.14. The van der Waals surface area contributed by atoms with Crippen molar-refractivity contribution in [2.24, 2.45) is 11.7 Å². The summed E-state index contributed by atoms with van der Waals surface area (Å²) < 4.78 is 5.22. The average Bonchev–Trinajstić information content (AvgIpc) is 2.46. The molecule has 0 radical (unpaired) electrons. The molecule has 1 aromatic rings. The van der Waals surface area contributed by atoms with Crippen molar-refractivity contribution < 1.29 is 14.3 Å². The first-order valence-electron chi connectivity index (χ1n) is 8.10. The van der Waals surface area contributed by atoms with Crippen molar-refractivity contribution in [2.45, 2.75) is 58.7 Å². The van der Waals surface area contributed by atoms with Crippen molar-refractivity contribution in [3.05, 3.63) is 35.9 Å². The lowest BCUT2D eigenvalue weighted by atomic mass is 10.0. The molecule has 5 heteroatoms. The molecule has 0 bridgehead atoms. The number of nitrogens with two attached hydrogens (primary N) is 1. The summed E-state index contributed by atoms with van der Waals surface area (Å²) in [7, 11) is 0. The molecular weight excluding hydrogens is 292 g/mol. The number of rotatable bonds is 8. The van der Waals surface area contributed by atoms with E-state index in [2.05, 4.69) is 5.32 Å². The summed E-state index contributed by atoms with van der Waals surface area (Å²) in [5, 5.41) is 2.76. The Bertz CT molecular complexity index is 500. The molecule has 23 heavy (non-hydrogen) atoms. The average molecular weight is 320 g/mol. The van der Waals surface area contributed by atoms with Crippen LogP contribution < -0.4 is 11.1 Å². The van der Waals surface area contributed by atoms with Crippen molar-refractivity contribution in [3.63, 3.8) is 0 Å². The van der Waals surface area contributed by atoms with Gasteiger partial charge in [-0.25, -0.2) is 4.79 Å². The third-order valence-corrected chi connectivity index (χ3v) is 3.31. The summed E-state index contributed by atoms with van der Waals surface area (Å²) in [6.07, 6.45) is 0.464. The second-order valence-corrected chi connectivity index (χ2v) is 6.46. The second-order valence-electron chi connectivity index (χ2n) is 6.46. The fourth-order valence-corrected chi connectivity index (χ4v) is 2.27. The number of esters is 1. The number of benzene rings is 1. The van der Waals surface area contributed by atoms with Gasteiger partial charge in [0, 0.05) is 12.5 Å². The minimum atomic E-state index is -0.632. The Balaban J connectivity index is 2.63. The van der Waals surface area contributed by atoms with Gasteiger partial charge in [-0.1, -0.05) is 44.2 Å². The molecule has 0 aromatic heterocycles. The highest BCUT2D eigenvalue weighted by atomic mass is 16.5. The maximum Gasteiger partial charge on any atom is 0.328 e. The van der Waals surface area contributed by atoms with Crippen LogP contribution in [0.2, 0.25) is 0 Å². The molecule has 1 amide bonds. The van der Waals surface area contributed by atoms with Gasteiger partial charge in [0.2, 0.25) is 5.91 Å². The third kappa shape index (κ3) is 7.28. The van der Waals surface area contributed by atoms with E-state index in [9.17, 15) is 9.59 Å². The number of carbonyl (C=O) groups is 2. The van der Waals surface area contributed by atoms with Crippen molar-refractivity contribution in [1.82, 2.24) is 5.32 Å². The quantitative estimate of drug-likeness (QED) is 0.721. The molecule has 0 fully saturated rings. The summed E-state index contributed by atoms with van der Waals surface area (Å²) in [6.45, 7) is 7.57. The number of ether oxygens (including phenoxy) is 1. The molecule has 1 rings (SSSR count). The maximum atomic E-state index is 12.2. The zero-order valence-electron chi connectivity index (χ0n) is 14.4. The number of hydrogen-bond acceptors (Lipinski definition) is 4. The molecule has 0 spiro atoms. The van der Waals surface area contributed by atoms with Gasteiger partial charge in [-0.05, 0) is 31.7 Å². The Kier molecular flexibility index (Phi) is 7.75. The van der Waals surface area contributed by atoms with Gasteiger partial charge in [-0.15, -0.1) is 0 Å². The van der Waals surface area contributed by atoms with Gasteiger partial charge in [0.15, 0.2) is 0 Å². The van der Waals surface area contributed by atoms with Crippen LogP contribution in [0, 0.1) is 5.92 Å². The first-order chi connectivity index (χ1) is 10.8. The lowest BCUT2D eigenvalue weighted by Gasteiger charge is -2.21. The standard InChI is InChI=1S/C18H28N2O3/c1-12(2)10-16(18(22)23-13(3)4)20-17(21)11-15(19)14-8-6-5-7-9-14/h5-9,12-13,15-16H,10-11,19H2,1-4H3,(H,20,21)/t15?,16-/m0/s1. The normalized spacial score (nSPS) is 13.7. The van der Waals surface area contributed by atoms with Gasteiger partial charge in [0.05, 0.1) is 6.10 Å². The van der Waals surface area contributed by atoms with Crippen LogP contribution in [-0.2, 0) is 14.3 Å². The highest BCUT2D eigenvalue weighted by Gasteiger charge is 2.25. The molecular formula is C18H28N2O3. The van der Waals surface area contributed by atoms with Gasteiger partial charge in [-0.3, -0.25) is 4.79 Å². The Hall–Kier alpha value is -1.88. The fraction of sp³-hybridized carbons (Fsp3) is 0.556. The predicted octanol–water partition coefficient (Wildman–Crippen LogP) is 2.56. The number of hydrogen-bond donors (Lipinski definition) is 2. The van der Waals surface area contributed by atoms with Crippen LogP contribution in [-0.4, -0.2) is 24.0 Å². The zero-order chi connectivity index (χ0) is 17.4. The summed E-state index contributed by atoms with van der Waals surface area (Å²) in [6, 6.07) is 8.41. The van der Waals surface area contributed by atoms with Crippen LogP contribution in [0.5, 0.6) is 0 Å². The van der Waals surface area contributed by atoms with E-state index >= 15 is 0 Å². The molecule has 0 aliphatic rings. The van der Waals surface area contributed by atoms with Crippen LogP contribution in [0.1, 0.15) is 52.1 Å². The van der Waals surface area contributed by atoms with Crippen LogP contribution >= 0.6 is 0 Å². The topological polar surface area (TPSA) is 81.4 Å². The van der Waals surface area contributed by atoms with Gasteiger partial charge in [0.25, 0.3) is 0 Å². The van der Waals surface area contributed by atoms with Gasteiger partial charge in [-0.2, -0.15) is 0 Å². The largest absolute Gasteiger partial charge is 0.461 e. The van der Waals surface area contributed by atoms with Crippen LogP contribution in [0.4, 0.5) is 0 Å². The number of amides is 1. The SMILES string of the molecule is CC(C)C[C@H](NC(=O)CC(N)c1ccccc1)C(=O)OC(C)C. The van der Waals surface area contributed by atoms with Crippen molar-refractivity contribution in [2.75, 3.05) is 0 Å². The molecule has 0 saturated heterocycles. The van der Waals surface area contributed by atoms with E-state index in [0.29, 0.717) is 6.42 Å². The van der Waals surface area contributed by atoms with E-state index in [1.807, 2.05) is 44.2 Å². The minimum absolute atomic E-state index is 0.133. The van der Waals surface area contributed by atoms with E-state index in [-0.39, 0.29) is 24.3 Å². The molecule has 0 aliphatic heterocycles. The molecule has 1 aromatic carbocycles. The lowest BCUT2D eigenvalue weighted by molar-refractivity contribution is -0.152. The van der Waals surface area contributed by atoms with Crippen LogP contribution in [0.25, 0.3) is 0 Å². The predicted molar refractivity (Wildman–Crippen MR) is 90.6 cm³/mol. The van der Waals surface area contributed by atoms with Gasteiger partial charge >= 0.3 is 5.97 Å². The van der Waals surface area contributed by atoms with E-state index in [4.69, 9.17) is 10.5 Å². The molecule has 3 N–H and O–H groups in total. The van der Waals surface area contributed by atoms with Gasteiger partial charge in [0.1, 0.15) is 6.04 Å². The van der Waals surface area contributed by atoms with E-state index in [1.54, 1.807) is 13.8 Å². The molecule has 0 heterocycles. The minimum Gasteiger partial charge on any atom is -0.461 e. The maximum absolute atomic E-state index is 12.2. The molecule has 2 atom stereocenters. The highest BCUT2D eigenvalue weighted by molar-refractivity contribution is 5.84. The zero-order valence-corrected chi connectivity index (χ0v) is 14.4. The molecule has 5 nitrogen and oxygen atoms in total. The molecule has 1 unspecified atom stereocenters. The number of carbonyl (C=O) groups excluding carboxylic acids is 2. The molecule has 0 aliphatic carbocycles. The van der Waals surface area contributed by atoms with Crippen LogP contribution in [0.3, 0.4) is 0 Å². The summed E-state index contributed by atoms with van der Waals surface area (Å²) in [5.41, 5.74) is 6.95. The van der Waals surface area contributed by atoms with Gasteiger partial charge < -0.3 is 15.8 Å². The molecule has 0 saturated carbocycles. The Labute approximate surface area is 138 Å². The number of nitrogens with one attached hydrogen (secondary N) is 1. The van der Waals surface area contributed by atoms with Crippen molar-refractivity contribution in [3.8, 4) is 0 Å². The fourth-order valence-electron chi connectivity index (χ4n) is 2.27. The Morgan fingerprint density at radius 2 is 1.74 bits per heavy atom. The first kappa shape index (κ1) is 19.2. The second kappa shape index (κ2) is 9.30. The Morgan fingerprint density at radius 1 is 1.13 bits per heavy atom. The van der Waals surface area contributed by atoms with E-state index in [1.165, 1.54) is 0 Å². The molecule has 128 valence electrons. The summed E-state index contributed by atoms with van der Waals surface area (Å²) in [5.74, 6) is -0.370. The summed E-state index contributed by atoms with van der Waals surface area (Å²) in [4.78, 5) is 24.3. The smallest absolute Gasteiger partial charge is 0.328 e. The first-order valence-corrected chi connectivity index (χ1v) is 8.10. The van der Waals surface area contributed by atoms with E-state index < -0.39 is 18.1 Å². The lowest BCUT2D eigenvalue weighted by Crippen LogP contribution is -2.44. The summed E-state index contributed by atoms with van der Waals surface area (Å²) >= 11 is 0. The van der Waals surface area contributed by atoms with E-state index in [0.717, 1.165) is 5.56 Å².